The topological polar surface area (TPSA) is 41.6 Å². The molecule has 1 aromatic heterocycles. The Balaban J connectivity index is 2.11. The molecule has 17 heavy (non-hydrogen) atoms. The number of H-pyrrole nitrogens is 1. The highest BCUT2D eigenvalue weighted by molar-refractivity contribution is 7.80. The first-order valence-electron chi connectivity index (χ1n) is 5.91. The molecule has 0 saturated carbocycles. The summed E-state index contributed by atoms with van der Waals surface area (Å²) in [5, 5.41) is 3.56. The van der Waals surface area contributed by atoms with Gasteiger partial charge in [-0.15, -0.1) is 0 Å². The van der Waals surface area contributed by atoms with E-state index in [-0.39, 0.29) is 0 Å². The molecule has 0 aliphatic carbocycles. The Hall–Kier alpha value is -1.13. The molecule has 0 atom stereocenters. The molecule has 0 fully saturated rings. The maximum absolute atomic E-state index is 5.26. The number of quaternary nitrogens is 1. The monoisotopic (exact) mass is 251 g/mol. The van der Waals surface area contributed by atoms with Crippen molar-refractivity contribution in [2.75, 3.05) is 26.0 Å². The van der Waals surface area contributed by atoms with E-state index in [0.717, 1.165) is 31.0 Å². The number of aromatic amines is 1. The predicted octanol–water partition coefficient (Wildman–Crippen LogP) is 1.21. The van der Waals surface area contributed by atoms with Crippen LogP contribution in [0.3, 0.4) is 0 Å². The van der Waals surface area contributed by atoms with Gasteiger partial charge in [-0.3, -0.25) is 0 Å². The lowest BCUT2D eigenvalue weighted by Gasteiger charge is -2.02. The summed E-state index contributed by atoms with van der Waals surface area (Å²) >= 11 is 4.20. The van der Waals surface area contributed by atoms with Crippen molar-refractivity contribution in [1.82, 2.24) is 4.98 Å². The summed E-state index contributed by atoms with van der Waals surface area (Å²) in [6, 6.07) is 6.14. The fourth-order valence-corrected chi connectivity index (χ4v) is 2.17. The van der Waals surface area contributed by atoms with Gasteiger partial charge in [0.15, 0.2) is 0 Å². The first kappa shape index (κ1) is 12.3. The van der Waals surface area contributed by atoms with Gasteiger partial charge in [-0.2, -0.15) is 12.6 Å². The largest absolute Gasteiger partial charge is 0.497 e. The van der Waals surface area contributed by atoms with E-state index in [9.17, 15) is 0 Å². The normalized spacial score (nSPS) is 10.9. The Kier molecular flexibility index (Phi) is 4.34. The highest BCUT2D eigenvalue weighted by Gasteiger charge is 2.05. The van der Waals surface area contributed by atoms with Gasteiger partial charge in [0, 0.05) is 29.3 Å². The summed E-state index contributed by atoms with van der Waals surface area (Å²) in [6.45, 7) is 2.18. The summed E-state index contributed by atoms with van der Waals surface area (Å²) in [7, 11) is 1.70. The fraction of sp³-hybridized carbons (Fsp3) is 0.385. The molecule has 0 aliphatic heterocycles. The number of fused-ring (bicyclic) bond motifs is 1. The van der Waals surface area contributed by atoms with Crippen LogP contribution >= 0.6 is 12.6 Å². The summed E-state index contributed by atoms with van der Waals surface area (Å²) in [5.74, 6) is 1.85. The van der Waals surface area contributed by atoms with Crippen molar-refractivity contribution in [3.05, 3.63) is 30.0 Å². The first-order valence-corrected chi connectivity index (χ1v) is 6.55. The van der Waals surface area contributed by atoms with Crippen molar-refractivity contribution >= 4 is 23.5 Å². The highest BCUT2D eigenvalue weighted by Crippen LogP contribution is 2.23. The maximum Gasteiger partial charge on any atom is 0.119 e. The van der Waals surface area contributed by atoms with Crippen LogP contribution in [0.1, 0.15) is 5.56 Å². The lowest BCUT2D eigenvalue weighted by molar-refractivity contribution is -0.650. The van der Waals surface area contributed by atoms with Crippen LogP contribution in [-0.2, 0) is 6.42 Å². The molecule has 0 saturated heterocycles. The Morgan fingerprint density at radius 2 is 2.24 bits per heavy atom. The van der Waals surface area contributed by atoms with Crippen LogP contribution in [0, 0.1) is 0 Å². The van der Waals surface area contributed by atoms with Gasteiger partial charge in [0.25, 0.3) is 0 Å². The molecule has 0 radical (unpaired) electrons. The minimum absolute atomic E-state index is 0.915. The number of hydrogen-bond donors (Lipinski definition) is 3. The second kappa shape index (κ2) is 5.98. The number of benzene rings is 1. The third kappa shape index (κ3) is 2.96. The number of methoxy groups -OCH3 is 1. The minimum atomic E-state index is 0.915. The molecular formula is C13H19N2OS+. The van der Waals surface area contributed by atoms with Crippen molar-refractivity contribution in [3.8, 4) is 5.75 Å². The van der Waals surface area contributed by atoms with Crippen LogP contribution in [0.4, 0.5) is 0 Å². The number of thiol groups is 1. The quantitative estimate of drug-likeness (QED) is 0.524. The van der Waals surface area contributed by atoms with Gasteiger partial charge in [-0.25, -0.2) is 0 Å². The van der Waals surface area contributed by atoms with Crippen molar-refractivity contribution in [1.29, 1.82) is 0 Å². The number of rotatable bonds is 6. The fourth-order valence-electron chi connectivity index (χ4n) is 1.98. The number of hydrogen-bond acceptors (Lipinski definition) is 2. The van der Waals surface area contributed by atoms with Gasteiger partial charge in [-0.1, -0.05) is 0 Å². The number of nitrogens with two attached hydrogens (primary N) is 1. The van der Waals surface area contributed by atoms with Crippen LogP contribution in [0.5, 0.6) is 5.75 Å². The second-order valence-corrected chi connectivity index (χ2v) is 4.51. The Morgan fingerprint density at radius 1 is 1.35 bits per heavy atom. The molecular weight excluding hydrogens is 232 g/mol. The highest BCUT2D eigenvalue weighted by atomic mass is 32.1. The predicted molar refractivity (Wildman–Crippen MR) is 74.1 cm³/mol. The molecule has 2 aromatic rings. The molecule has 0 amide bonds. The Morgan fingerprint density at radius 3 is 3.00 bits per heavy atom. The maximum atomic E-state index is 5.26. The lowest BCUT2D eigenvalue weighted by atomic mass is 10.1. The van der Waals surface area contributed by atoms with Crippen molar-refractivity contribution in [2.24, 2.45) is 0 Å². The summed E-state index contributed by atoms with van der Waals surface area (Å²) in [4.78, 5) is 3.30. The molecule has 4 heteroatoms. The van der Waals surface area contributed by atoms with E-state index in [0.29, 0.717) is 0 Å². The zero-order chi connectivity index (χ0) is 12.1. The third-order valence-electron chi connectivity index (χ3n) is 2.93. The van der Waals surface area contributed by atoms with E-state index >= 15 is 0 Å². The van der Waals surface area contributed by atoms with E-state index in [1.165, 1.54) is 16.5 Å². The zero-order valence-corrected chi connectivity index (χ0v) is 11.0. The van der Waals surface area contributed by atoms with Gasteiger partial charge in [-0.05, 0) is 23.8 Å². The van der Waals surface area contributed by atoms with E-state index in [4.69, 9.17) is 4.74 Å². The SMILES string of the molecule is COc1ccc2[nH]cc(CC[NH2+]CCS)c2c1. The molecule has 0 bridgehead atoms. The van der Waals surface area contributed by atoms with E-state index in [2.05, 4.69) is 41.3 Å². The molecule has 1 aromatic carbocycles. The first-order chi connectivity index (χ1) is 8.35. The lowest BCUT2D eigenvalue weighted by Crippen LogP contribution is -2.85. The average Bonchev–Trinajstić information content (AvgIpc) is 2.77. The molecule has 92 valence electrons. The summed E-state index contributed by atoms with van der Waals surface area (Å²) < 4.78 is 5.26. The Labute approximate surface area is 107 Å². The van der Waals surface area contributed by atoms with E-state index in [1.54, 1.807) is 7.11 Å². The van der Waals surface area contributed by atoms with Crippen LogP contribution < -0.4 is 10.1 Å². The molecule has 1 heterocycles. The molecule has 0 aliphatic rings. The van der Waals surface area contributed by atoms with E-state index < -0.39 is 0 Å². The number of aromatic nitrogens is 1. The summed E-state index contributed by atoms with van der Waals surface area (Å²) in [6.07, 6.45) is 3.17. The molecule has 0 unspecified atom stereocenters. The van der Waals surface area contributed by atoms with Gasteiger partial charge in [0.1, 0.15) is 5.75 Å². The summed E-state index contributed by atoms with van der Waals surface area (Å²) in [5.41, 5.74) is 2.53. The van der Waals surface area contributed by atoms with Crippen molar-refractivity contribution < 1.29 is 10.1 Å². The molecule has 3 N–H and O–H groups in total. The standard InChI is InChI=1S/C13H18N2OS/c1-16-11-2-3-13-12(8-11)10(9-15-13)4-5-14-6-7-17/h2-3,8-9,14-15,17H,4-7H2,1H3/p+1. The van der Waals surface area contributed by atoms with Crippen LogP contribution in [-0.4, -0.2) is 30.9 Å². The average molecular weight is 251 g/mol. The van der Waals surface area contributed by atoms with Crippen LogP contribution in [0.25, 0.3) is 10.9 Å². The number of ether oxygens (including phenoxy) is 1. The molecule has 2 rings (SSSR count). The van der Waals surface area contributed by atoms with E-state index in [1.807, 2.05) is 6.07 Å². The van der Waals surface area contributed by atoms with Gasteiger partial charge in [0.05, 0.1) is 20.2 Å². The number of nitrogens with one attached hydrogen (secondary N) is 1. The second-order valence-electron chi connectivity index (χ2n) is 4.07. The smallest absolute Gasteiger partial charge is 0.119 e. The van der Waals surface area contributed by atoms with Gasteiger partial charge in [0.2, 0.25) is 0 Å². The van der Waals surface area contributed by atoms with Crippen LogP contribution in [0.15, 0.2) is 24.4 Å². The Bertz CT molecular complexity index is 481. The van der Waals surface area contributed by atoms with Gasteiger partial charge < -0.3 is 15.0 Å². The van der Waals surface area contributed by atoms with Gasteiger partial charge >= 0.3 is 0 Å². The third-order valence-corrected chi connectivity index (χ3v) is 3.18. The molecule has 3 nitrogen and oxygen atoms in total. The molecule has 0 spiro atoms. The van der Waals surface area contributed by atoms with Crippen LogP contribution in [0.2, 0.25) is 0 Å². The minimum Gasteiger partial charge on any atom is -0.497 e. The zero-order valence-electron chi connectivity index (χ0n) is 10.1. The van der Waals surface area contributed by atoms with Crippen molar-refractivity contribution in [3.63, 3.8) is 0 Å². The van der Waals surface area contributed by atoms with Crippen molar-refractivity contribution in [2.45, 2.75) is 6.42 Å².